The van der Waals surface area contributed by atoms with Crippen LogP contribution in [-0.4, -0.2) is 32.6 Å². The molecule has 1 aliphatic rings. The number of rotatable bonds is 7. The Kier molecular flexibility index (Phi) is 6.31. The summed E-state index contributed by atoms with van der Waals surface area (Å²) in [4.78, 5) is 26.9. The average Bonchev–Trinajstić information content (AvgIpc) is 3.09. The zero-order valence-electron chi connectivity index (χ0n) is 16.5. The molecule has 1 aliphatic heterocycles. The number of hydrogen-bond donors (Lipinski definition) is 1. The quantitative estimate of drug-likeness (QED) is 0.800. The summed E-state index contributed by atoms with van der Waals surface area (Å²) in [6.45, 7) is 3.22. The third-order valence-electron chi connectivity index (χ3n) is 4.99. The Labute approximate surface area is 165 Å². The molecule has 0 aromatic heterocycles. The average molecular weight is 382 g/mol. The molecule has 0 aliphatic carbocycles. The highest BCUT2D eigenvalue weighted by molar-refractivity contribution is 6.01. The van der Waals surface area contributed by atoms with Gasteiger partial charge in [0, 0.05) is 26.6 Å². The number of nitrogens with zero attached hydrogens (tertiary/aromatic N) is 1. The highest BCUT2D eigenvalue weighted by Crippen LogP contribution is 2.34. The number of ether oxygens (including phenoxy) is 2. The number of hydrogen-bond acceptors (Lipinski definition) is 4. The van der Waals surface area contributed by atoms with Crippen LogP contribution in [0.25, 0.3) is 0 Å². The Hall–Kier alpha value is -2.86. The van der Waals surface area contributed by atoms with Crippen LogP contribution in [0.3, 0.4) is 0 Å². The summed E-state index contributed by atoms with van der Waals surface area (Å²) in [6.07, 6.45) is 0.197. The summed E-state index contributed by atoms with van der Waals surface area (Å²) in [5.74, 6) is 0.0688. The molecule has 1 heterocycles. The van der Waals surface area contributed by atoms with Crippen LogP contribution in [0.15, 0.2) is 42.5 Å². The van der Waals surface area contributed by atoms with Crippen molar-refractivity contribution in [1.29, 1.82) is 0 Å². The van der Waals surface area contributed by atoms with Crippen LogP contribution in [-0.2, 0) is 27.5 Å². The van der Waals surface area contributed by atoms with E-state index in [-0.39, 0.29) is 24.2 Å². The molecular weight excluding hydrogens is 356 g/mol. The summed E-state index contributed by atoms with van der Waals surface area (Å²) in [5, 5.41) is 2.97. The Morgan fingerprint density at radius 1 is 1.18 bits per heavy atom. The van der Waals surface area contributed by atoms with Crippen LogP contribution in [0.5, 0.6) is 5.75 Å². The number of amides is 2. The third-order valence-corrected chi connectivity index (χ3v) is 4.99. The van der Waals surface area contributed by atoms with Crippen molar-refractivity contribution in [1.82, 2.24) is 5.32 Å². The van der Waals surface area contributed by atoms with Crippen LogP contribution in [0.1, 0.15) is 23.1 Å². The highest BCUT2D eigenvalue weighted by Gasteiger charge is 2.36. The molecule has 1 atom stereocenters. The van der Waals surface area contributed by atoms with Gasteiger partial charge in [-0.25, -0.2) is 0 Å². The summed E-state index contributed by atoms with van der Waals surface area (Å²) < 4.78 is 10.6. The minimum Gasteiger partial charge on any atom is -0.495 e. The summed E-state index contributed by atoms with van der Waals surface area (Å²) >= 11 is 0. The van der Waals surface area contributed by atoms with Gasteiger partial charge in [-0.1, -0.05) is 30.3 Å². The Bertz CT molecular complexity index is 865. The normalized spacial score (nSPS) is 16.3. The minimum atomic E-state index is -0.382. The van der Waals surface area contributed by atoms with Gasteiger partial charge < -0.3 is 19.7 Å². The third kappa shape index (κ3) is 4.34. The lowest BCUT2D eigenvalue weighted by atomic mass is 10.1. The number of anilines is 1. The molecule has 1 fully saturated rings. The van der Waals surface area contributed by atoms with Crippen molar-refractivity contribution in [2.45, 2.75) is 26.5 Å². The molecule has 2 aromatic rings. The molecule has 3 rings (SSSR count). The zero-order chi connectivity index (χ0) is 20.1. The lowest BCUT2D eigenvalue weighted by Crippen LogP contribution is -2.33. The van der Waals surface area contributed by atoms with Crippen LogP contribution in [0.2, 0.25) is 0 Å². The largest absolute Gasteiger partial charge is 0.495 e. The second-order valence-corrected chi connectivity index (χ2v) is 7.00. The van der Waals surface area contributed by atoms with Crippen molar-refractivity contribution >= 4 is 17.5 Å². The van der Waals surface area contributed by atoms with Gasteiger partial charge in [0.1, 0.15) is 5.75 Å². The molecule has 2 amide bonds. The first-order valence-electron chi connectivity index (χ1n) is 9.32. The summed E-state index contributed by atoms with van der Waals surface area (Å²) in [6, 6.07) is 13.5. The van der Waals surface area contributed by atoms with Gasteiger partial charge in [-0.3, -0.25) is 9.59 Å². The highest BCUT2D eigenvalue weighted by atomic mass is 16.5. The van der Waals surface area contributed by atoms with Gasteiger partial charge >= 0.3 is 0 Å². The molecule has 1 unspecified atom stereocenters. The fourth-order valence-electron chi connectivity index (χ4n) is 3.48. The first-order valence-corrected chi connectivity index (χ1v) is 9.32. The van der Waals surface area contributed by atoms with Crippen molar-refractivity contribution in [2.75, 3.05) is 25.7 Å². The maximum absolute atomic E-state index is 12.7. The fourth-order valence-corrected chi connectivity index (χ4v) is 3.48. The lowest BCUT2D eigenvalue weighted by molar-refractivity contribution is -0.126. The first kappa shape index (κ1) is 19.9. The summed E-state index contributed by atoms with van der Waals surface area (Å²) in [5.41, 5.74) is 3.80. The lowest BCUT2D eigenvalue weighted by Gasteiger charge is -2.20. The second kappa shape index (κ2) is 8.89. The maximum Gasteiger partial charge on any atom is 0.227 e. The number of benzene rings is 2. The zero-order valence-corrected chi connectivity index (χ0v) is 16.5. The molecule has 0 spiro atoms. The van der Waals surface area contributed by atoms with Crippen LogP contribution >= 0.6 is 0 Å². The van der Waals surface area contributed by atoms with Crippen LogP contribution in [0, 0.1) is 12.8 Å². The van der Waals surface area contributed by atoms with E-state index in [1.807, 2.05) is 49.4 Å². The van der Waals surface area contributed by atoms with Gasteiger partial charge in [0.15, 0.2) is 0 Å². The topological polar surface area (TPSA) is 67.9 Å². The maximum atomic E-state index is 12.7. The van der Waals surface area contributed by atoms with E-state index in [1.54, 1.807) is 19.1 Å². The van der Waals surface area contributed by atoms with Crippen molar-refractivity contribution in [2.24, 2.45) is 5.92 Å². The Morgan fingerprint density at radius 2 is 1.93 bits per heavy atom. The van der Waals surface area contributed by atoms with E-state index >= 15 is 0 Å². The number of carbonyl (C=O) groups is 2. The minimum absolute atomic E-state index is 0.0659. The Morgan fingerprint density at radius 3 is 2.64 bits per heavy atom. The van der Waals surface area contributed by atoms with Gasteiger partial charge in [0.05, 0.1) is 25.3 Å². The number of methoxy groups -OCH3 is 2. The van der Waals surface area contributed by atoms with Gasteiger partial charge in [0.25, 0.3) is 0 Å². The van der Waals surface area contributed by atoms with E-state index in [2.05, 4.69) is 5.32 Å². The standard InChI is InChI=1S/C22H26N2O4/c1-15-8-9-20(28-3)19(10-15)24-13-18(11-21(24)25)22(26)23-12-16-6-4-5-7-17(16)14-27-2/h4-10,18H,11-14H2,1-3H3,(H,23,26). The Balaban J connectivity index is 1.67. The number of nitrogens with one attached hydrogen (secondary N) is 1. The molecule has 1 saturated heterocycles. The van der Waals surface area contributed by atoms with Crippen molar-refractivity contribution in [3.63, 3.8) is 0 Å². The van der Waals surface area contributed by atoms with Crippen molar-refractivity contribution < 1.29 is 19.1 Å². The van der Waals surface area contributed by atoms with Gasteiger partial charge in [0.2, 0.25) is 11.8 Å². The first-order chi connectivity index (χ1) is 13.5. The molecule has 0 saturated carbocycles. The molecule has 2 aromatic carbocycles. The number of carbonyl (C=O) groups excluding carboxylic acids is 2. The molecule has 0 radical (unpaired) electrons. The van der Waals surface area contributed by atoms with Gasteiger partial charge in [-0.2, -0.15) is 0 Å². The molecule has 1 N–H and O–H groups in total. The second-order valence-electron chi connectivity index (χ2n) is 7.00. The van der Waals surface area contributed by atoms with Crippen LogP contribution in [0.4, 0.5) is 5.69 Å². The van der Waals surface area contributed by atoms with Crippen molar-refractivity contribution in [3.05, 3.63) is 59.2 Å². The fraction of sp³-hybridized carbons (Fsp3) is 0.364. The van der Waals surface area contributed by atoms with Gasteiger partial charge in [-0.15, -0.1) is 0 Å². The summed E-state index contributed by atoms with van der Waals surface area (Å²) in [7, 11) is 3.23. The van der Waals surface area contributed by atoms with E-state index < -0.39 is 0 Å². The number of aryl methyl sites for hydroxylation is 1. The van der Waals surface area contributed by atoms with Gasteiger partial charge in [-0.05, 0) is 35.7 Å². The predicted molar refractivity (Wildman–Crippen MR) is 107 cm³/mol. The molecule has 148 valence electrons. The predicted octanol–water partition coefficient (Wildman–Crippen LogP) is 2.82. The molecule has 6 heteroatoms. The van der Waals surface area contributed by atoms with E-state index in [4.69, 9.17) is 9.47 Å². The molecule has 28 heavy (non-hydrogen) atoms. The van der Waals surface area contributed by atoms with E-state index in [0.29, 0.717) is 31.1 Å². The van der Waals surface area contributed by atoms with E-state index in [9.17, 15) is 9.59 Å². The monoisotopic (exact) mass is 382 g/mol. The molecule has 6 nitrogen and oxygen atoms in total. The van der Waals surface area contributed by atoms with Crippen LogP contribution < -0.4 is 15.0 Å². The van der Waals surface area contributed by atoms with Crippen molar-refractivity contribution in [3.8, 4) is 5.75 Å². The van der Waals surface area contributed by atoms with E-state index in [1.165, 1.54) is 0 Å². The molecule has 0 bridgehead atoms. The SMILES string of the molecule is COCc1ccccc1CNC(=O)C1CC(=O)N(c2cc(C)ccc2OC)C1. The smallest absolute Gasteiger partial charge is 0.227 e. The molecular formula is C22H26N2O4. The van der Waals surface area contributed by atoms with E-state index in [0.717, 1.165) is 16.7 Å².